The van der Waals surface area contributed by atoms with E-state index in [0.717, 1.165) is 11.1 Å². The van der Waals surface area contributed by atoms with Crippen molar-refractivity contribution in [2.24, 2.45) is 0 Å². The lowest BCUT2D eigenvalue weighted by Crippen LogP contribution is -2.47. The van der Waals surface area contributed by atoms with Crippen molar-refractivity contribution >= 4 is 17.4 Å². The molecule has 0 spiro atoms. The highest BCUT2D eigenvalue weighted by atomic mass is 35.5. The molecule has 0 bridgehead atoms. The number of hydrogen-bond acceptors (Lipinski definition) is 3. The molecule has 1 aromatic rings. The first-order chi connectivity index (χ1) is 9.57. The first-order valence-corrected chi connectivity index (χ1v) is 7.45. The quantitative estimate of drug-likeness (QED) is 0.836. The number of rotatable bonds is 5. The van der Waals surface area contributed by atoms with Crippen LogP contribution in [-0.4, -0.2) is 31.2 Å². The summed E-state index contributed by atoms with van der Waals surface area (Å²) in [4.78, 5) is 12.7. The zero-order valence-electron chi connectivity index (χ0n) is 12.1. The highest BCUT2D eigenvalue weighted by molar-refractivity contribution is 6.31. The second-order valence-corrected chi connectivity index (χ2v) is 5.64. The fourth-order valence-electron chi connectivity index (χ4n) is 2.61. The van der Waals surface area contributed by atoms with Crippen LogP contribution in [0.25, 0.3) is 0 Å². The third-order valence-corrected chi connectivity index (χ3v) is 4.14. The van der Waals surface area contributed by atoms with Crippen molar-refractivity contribution in [3.63, 3.8) is 0 Å². The molecule has 4 heteroatoms. The lowest BCUT2D eigenvalue weighted by Gasteiger charge is -2.35. The fourth-order valence-corrected chi connectivity index (χ4v) is 2.91. The van der Waals surface area contributed by atoms with Crippen molar-refractivity contribution < 1.29 is 14.3 Å². The van der Waals surface area contributed by atoms with Gasteiger partial charge in [-0.2, -0.15) is 0 Å². The third kappa shape index (κ3) is 3.40. The van der Waals surface area contributed by atoms with Crippen LogP contribution in [-0.2, 0) is 20.7 Å². The largest absolute Gasteiger partial charge is 0.381 e. The average molecular weight is 297 g/mol. The Hall–Kier alpha value is -0.900. The van der Waals surface area contributed by atoms with E-state index < -0.39 is 5.60 Å². The maximum atomic E-state index is 12.7. The summed E-state index contributed by atoms with van der Waals surface area (Å²) in [7, 11) is 0. The number of hydrogen-bond donors (Lipinski definition) is 0. The number of ketones is 1. The summed E-state index contributed by atoms with van der Waals surface area (Å²) < 4.78 is 11.1. The number of carbonyl (C=O) groups excluding carboxylic acids is 1. The molecular formula is C16H21ClO3. The number of Topliss-reactive ketones (excluding diaryl/α,β-unsaturated/α-hetero) is 1. The van der Waals surface area contributed by atoms with Gasteiger partial charge in [-0.1, -0.05) is 23.7 Å². The zero-order chi connectivity index (χ0) is 14.6. The van der Waals surface area contributed by atoms with E-state index in [0.29, 0.717) is 44.1 Å². The summed E-state index contributed by atoms with van der Waals surface area (Å²) in [6.45, 7) is 5.59. The summed E-state index contributed by atoms with van der Waals surface area (Å²) >= 11 is 6.22. The Balaban J connectivity index is 2.15. The lowest BCUT2D eigenvalue weighted by molar-refractivity contribution is -0.156. The van der Waals surface area contributed by atoms with Crippen LogP contribution in [0.2, 0.25) is 5.02 Å². The molecule has 0 unspecified atom stereocenters. The fraction of sp³-hybridized carbons (Fsp3) is 0.562. The summed E-state index contributed by atoms with van der Waals surface area (Å²) in [5.74, 6) is 0.105. The molecule has 1 heterocycles. The second kappa shape index (κ2) is 6.70. The predicted octanol–water partition coefficient (Wildman–Crippen LogP) is 3.35. The average Bonchev–Trinajstić information content (AvgIpc) is 2.43. The molecule has 1 aliphatic rings. The topological polar surface area (TPSA) is 35.5 Å². The van der Waals surface area contributed by atoms with E-state index in [-0.39, 0.29) is 5.78 Å². The smallest absolute Gasteiger partial charge is 0.169 e. The summed E-state index contributed by atoms with van der Waals surface area (Å²) in [6.07, 6.45) is 1.57. The number of ether oxygens (including phenoxy) is 2. The Bertz CT molecular complexity index is 473. The molecule has 110 valence electrons. The Morgan fingerprint density at radius 2 is 2.10 bits per heavy atom. The summed E-state index contributed by atoms with van der Waals surface area (Å²) in [5.41, 5.74) is 1.27. The van der Waals surface area contributed by atoms with E-state index in [1.54, 1.807) is 0 Å². The molecular weight excluding hydrogens is 276 g/mol. The van der Waals surface area contributed by atoms with Crippen molar-refractivity contribution in [3.8, 4) is 0 Å². The van der Waals surface area contributed by atoms with Gasteiger partial charge in [0, 0.05) is 44.1 Å². The summed E-state index contributed by atoms with van der Waals surface area (Å²) in [5, 5.41) is 0.650. The molecule has 1 aliphatic heterocycles. The van der Waals surface area contributed by atoms with Crippen LogP contribution >= 0.6 is 11.6 Å². The molecule has 3 nitrogen and oxygen atoms in total. The van der Waals surface area contributed by atoms with E-state index in [2.05, 4.69) is 0 Å². The monoisotopic (exact) mass is 296 g/mol. The van der Waals surface area contributed by atoms with Crippen LogP contribution in [0.5, 0.6) is 0 Å². The predicted molar refractivity (Wildman–Crippen MR) is 79.3 cm³/mol. The molecule has 1 fully saturated rings. The number of benzene rings is 1. The van der Waals surface area contributed by atoms with Crippen molar-refractivity contribution in [1.82, 2.24) is 0 Å². The van der Waals surface area contributed by atoms with Gasteiger partial charge >= 0.3 is 0 Å². The molecule has 0 radical (unpaired) electrons. The van der Waals surface area contributed by atoms with E-state index in [1.807, 2.05) is 32.0 Å². The molecule has 0 amide bonds. The van der Waals surface area contributed by atoms with Crippen LogP contribution in [0.1, 0.15) is 30.9 Å². The standard InChI is InChI=1S/C16H21ClO3/c1-3-20-16(6-8-19-9-7-16)15(18)11-13-5-4-12(2)10-14(13)17/h4-5,10H,3,6-9,11H2,1-2H3. The normalized spacial score (nSPS) is 17.9. The van der Waals surface area contributed by atoms with E-state index in [9.17, 15) is 4.79 Å². The number of aryl methyl sites for hydroxylation is 1. The van der Waals surface area contributed by atoms with Crippen LogP contribution in [0, 0.1) is 6.92 Å². The Morgan fingerprint density at radius 3 is 2.70 bits per heavy atom. The van der Waals surface area contributed by atoms with E-state index in [4.69, 9.17) is 21.1 Å². The highest BCUT2D eigenvalue weighted by Crippen LogP contribution is 2.29. The van der Waals surface area contributed by atoms with E-state index in [1.165, 1.54) is 0 Å². The van der Waals surface area contributed by atoms with Crippen molar-refractivity contribution in [2.75, 3.05) is 19.8 Å². The van der Waals surface area contributed by atoms with Gasteiger partial charge in [0.25, 0.3) is 0 Å². The maximum Gasteiger partial charge on any atom is 0.169 e. The van der Waals surface area contributed by atoms with Gasteiger partial charge in [0.2, 0.25) is 0 Å². The van der Waals surface area contributed by atoms with Crippen molar-refractivity contribution in [3.05, 3.63) is 34.3 Å². The third-order valence-electron chi connectivity index (χ3n) is 3.79. The van der Waals surface area contributed by atoms with Crippen molar-refractivity contribution in [1.29, 1.82) is 0 Å². The van der Waals surface area contributed by atoms with Gasteiger partial charge in [0.15, 0.2) is 5.78 Å². The van der Waals surface area contributed by atoms with Gasteiger partial charge in [-0.25, -0.2) is 0 Å². The molecule has 0 aromatic heterocycles. The molecule has 0 N–H and O–H groups in total. The molecule has 1 aromatic carbocycles. The minimum Gasteiger partial charge on any atom is -0.381 e. The molecule has 1 saturated heterocycles. The van der Waals surface area contributed by atoms with Gasteiger partial charge in [-0.15, -0.1) is 0 Å². The minimum absolute atomic E-state index is 0.105. The van der Waals surface area contributed by atoms with Gasteiger partial charge in [-0.3, -0.25) is 4.79 Å². The van der Waals surface area contributed by atoms with Crippen LogP contribution < -0.4 is 0 Å². The van der Waals surface area contributed by atoms with Gasteiger partial charge in [-0.05, 0) is 31.0 Å². The summed E-state index contributed by atoms with van der Waals surface area (Å²) in [6, 6.07) is 5.79. The zero-order valence-corrected chi connectivity index (χ0v) is 12.8. The van der Waals surface area contributed by atoms with Crippen LogP contribution in [0.4, 0.5) is 0 Å². The Kier molecular flexibility index (Phi) is 5.19. The molecule has 0 aliphatic carbocycles. The van der Waals surface area contributed by atoms with E-state index >= 15 is 0 Å². The van der Waals surface area contributed by atoms with Gasteiger partial charge < -0.3 is 9.47 Å². The molecule has 0 saturated carbocycles. The molecule has 2 rings (SSSR count). The SMILES string of the molecule is CCOC1(C(=O)Cc2ccc(C)cc2Cl)CCOCC1. The van der Waals surface area contributed by atoms with Crippen LogP contribution in [0.3, 0.4) is 0 Å². The minimum atomic E-state index is -0.693. The van der Waals surface area contributed by atoms with Crippen LogP contribution in [0.15, 0.2) is 18.2 Å². The van der Waals surface area contributed by atoms with Gasteiger partial charge in [0.05, 0.1) is 0 Å². The highest BCUT2D eigenvalue weighted by Gasteiger charge is 2.40. The second-order valence-electron chi connectivity index (χ2n) is 5.23. The maximum absolute atomic E-state index is 12.7. The van der Waals surface area contributed by atoms with Gasteiger partial charge in [0.1, 0.15) is 5.60 Å². The Labute approximate surface area is 125 Å². The molecule has 20 heavy (non-hydrogen) atoms. The number of carbonyl (C=O) groups is 1. The lowest BCUT2D eigenvalue weighted by atomic mass is 9.86. The van der Waals surface area contributed by atoms with Crippen molar-refractivity contribution in [2.45, 2.75) is 38.7 Å². The Morgan fingerprint density at radius 1 is 1.40 bits per heavy atom. The first kappa shape index (κ1) is 15.5. The first-order valence-electron chi connectivity index (χ1n) is 7.07. The number of halogens is 1. The molecule has 0 atom stereocenters.